The summed E-state index contributed by atoms with van der Waals surface area (Å²) in [5, 5.41) is 0. The van der Waals surface area contributed by atoms with Crippen molar-refractivity contribution in [3.8, 4) is 12.0 Å². The summed E-state index contributed by atoms with van der Waals surface area (Å²) in [6.07, 6.45) is 3.61. The smallest absolute Gasteiger partial charge is 0.120 e. The van der Waals surface area contributed by atoms with E-state index in [2.05, 4.69) is 41.5 Å². The first-order valence-corrected chi connectivity index (χ1v) is 6.31. The van der Waals surface area contributed by atoms with Crippen LogP contribution < -0.4 is 0 Å². The first-order valence-electron chi connectivity index (χ1n) is 6.31. The predicted molar refractivity (Wildman–Crippen MR) is 80.2 cm³/mol. The van der Waals surface area contributed by atoms with Gasteiger partial charge in [0.05, 0.1) is 7.11 Å². The molecule has 0 amide bonds. The van der Waals surface area contributed by atoms with Gasteiger partial charge < -0.3 is 14.5 Å². The highest BCUT2D eigenvalue weighted by Crippen LogP contribution is 2.22. The second-order valence-corrected chi connectivity index (χ2v) is 4.23. The van der Waals surface area contributed by atoms with Gasteiger partial charge in [0.2, 0.25) is 0 Å². The molecule has 1 rings (SSSR count). The molecule has 1 fully saturated rings. The van der Waals surface area contributed by atoms with Crippen molar-refractivity contribution < 1.29 is 4.74 Å². The molecular weight excluding hydrogens is 236 g/mol. The minimum atomic E-state index is 0.612. The highest BCUT2D eigenvalue weighted by molar-refractivity contribution is 5.42. The minimum absolute atomic E-state index is 0.612. The lowest BCUT2D eigenvalue weighted by Crippen LogP contribution is -2.43. The maximum Gasteiger partial charge on any atom is 0.120 e. The average Bonchev–Trinajstić information content (AvgIpc) is 2.44. The Bertz CT molecular complexity index is 443. The van der Waals surface area contributed by atoms with Crippen molar-refractivity contribution in [3.05, 3.63) is 48.9 Å². The lowest BCUT2D eigenvalue weighted by molar-refractivity contribution is 0.213. The first-order chi connectivity index (χ1) is 9.13. The van der Waals surface area contributed by atoms with Gasteiger partial charge in [-0.05, 0) is 13.0 Å². The molecule has 1 saturated heterocycles. The van der Waals surface area contributed by atoms with Crippen LogP contribution in [-0.4, -0.2) is 43.1 Å². The van der Waals surface area contributed by atoms with Gasteiger partial charge in [0, 0.05) is 43.5 Å². The van der Waals surface area contributed by atoms with Crippen LogP contribution in [0.1, 0.15) is 6.92 Å². The molecule has 0 N–H and O–H groups in total. The maximum atomic E-state index is 5.21. The van der Waals surface area contributed by atoms with Crippen LogP contribution in [0.2, 0.25) is 0 Å². The zero-order valence-electron chi connectivity index (χ0n) is 11.9. The lowest BCUT2D eigenvalue weighted by atomic mass is 10.1. The molecule has 0 spiro atoms. The maximum absolute atomic E-state index is 5.21. The molecule has 0 unspecified atom stereocenters. The highest BCUT2D eigenvalue weighted by atomic mass is 16.5. The molecule has 0 aromatic carbocycles. The molecular formula is C16H22N2O. The number of methoxy groups -OCH3 is 1. The van der Waals surface area contributed by atoms with E-state index in [-0.39, 0.29) is 0 Å². The van der Waals surface area contributed by atoms with Crippen molar-refractivity contribution in [3.63, 3.8) is 0 Å². The Hall–Kier alpha value is -2.08. The fourth-order valence-electron chi connectivity index (χ4n) is 1.99. The number of ether oxygens (including phenoxy) is 1. The number of allylic oxidation sites excluding steroid dienone is 2. The Morgan fingerprint density at radius 2 is 1.84 bits per heavy atom. The summed E-state index contributed by atoms with van der Waals surface area (Å²) >= 11 is 0. The Kier molecular flexibility index (Phi) is 5.81. The number of piperazine rings is 1. The third-order valence-corrected chi connectivity index (χ3v) is 3.07. The molecule has 0 atom stereocenters. The molecule has 0 saturated carbocycles. The zero-order chi connectivity index (χ0) is 14.3. The van der Waals surface area contributed by atoms with E-state index in [0.717, 1.165) is 37.4 Å². The molecule has 0 bridgehead atoms. The molecule has 3 heteroatoms. The Morgan fingerprint density at radius 3 is 2.32 bits per heavy atom. The van der Waals surface area contributed by atoms with Crippen LogP contribution in [0, 0.1) is 12.0 Å². The average molecular weight is 258 g/mol. The summed E-state index contributed by atoms with van der Waals surface area (Å²) in [7, 11) is 1.61. The van der Waals surface area contributed by atoms with E-state index in [4.69, 9.17) is 4.74 Å². The fourth-order valence-corrected chi connectivity index (χ4v) is 1.99. The van der Waals surface area contributed by atoms with Gasteiger partial charge in [0.1, 0.15) is 5.76 Å². The standard InChI is InChI=1S/C16H22N2O/c1-6-8-16(15(4)19-5)14(3)18-12-10-17(9-7-2)11-13-18/h6,8H,1,3-4,10-13H2,2,5H3/b16-8-. The Morgan fingerprint density at radius 1 is 1.21 bits per heavy atom. The van der Waals surface area contributed by atoms with E-state index in [1.54, 1.807) is 13.2 Å². The minimum Gasteiger partial charge on any atom is -0.497 e. The molecule has 1 aliphatic rings. The summed E-state index contributed by atoms with van der Waals surface area (Å²) < 4.78 is 5.21. The van der Waals surface area contributed by atoms with Crippen molar-refractivity contribution in [1.82, 2.24) is 9.80 Å². The van der Waals surface area contributed by atoms with E-state index in [1.807, 2.05) is 13.0 Å². The molecule has 0 aromatic heterocycles. The van der Waals surface area contributed by atoms with E-state index < -0.39 is 0 Å². The summed E-state index contributed by atoms with van der Waals surface area (Å²) in [5.74, 6) is 3.54. The number of rotatable bonds is 5. The summed E-state index contributed by atoms with van der Waals surface area (Å²) in [6, 6.07) is 3.09. The van der Waals surface area contributed by atoms with Gasteiger partial charge in [-0.1, -0.05) is 31.7 Å². The molecule has 0 radical (unpaired) electrons. The van der Waals surface area contributed by atoms with Crippen molar-refractivity contribution in [2.45, 2.75) is 6.92 Å². The van der Waals surface area contributed by atoms with Gasteiger partial charge >= 0.3 is 0 Å². The van der Waals surface area contributed by atoms with E-state index >= 15 is 0 Å². The molecule has 3 nitrogen and oxygen atoms in total. The molecule has 1 heterocycles. The Balaban J connectivity index is 2.72. The highest BCUT2D eigenvalue weighted by Gasteiger charge is 2.19. The van der Waals surface area contributed by atoms with Gasteiger partial charge in [-0.25, -0.2) is 0 Å². The second kappa shape index (κ2) is 7.38. The lowest BCUT2D eigenvalue weighted by Gasteiger charge is -2.36. The normalized spacial score (nSPS) is 15.4. The van der Waals surface area contributed by atoms with Crippen LogP contribution in [0.3, 0.4) is 0 Å². The SMILES string of the molecule is C=C/C=C(\C(=C)OC)C(=C)N1CCN(C#CC)CC1. The monoisotopic (exact) mass is 258 g/mol. The van der Waals surface area contributed by atoms with Gasteiger partial charge in [-0.15, -0.1) is 0 Å². The molecule has 19 heavy (non-hydrogen) atoms. The van der Waals surface area contributed by atoms with E-state index in [1.165, 1.54) is 0 Å². The van der Waals surface area contributed by atoms with Gasteiger partial charge in [-0.3, -0.25) is 0 Å². The van der Waals surface area contributed by atoms with Crippen LogP contribution in [0.4, 0.5) is 0 Å². The van der Waals surface area contributed by atoms with Crippen molar-refractivity contribution in [2.75, 3.05) is 33.3 Å². The predicted octanol–water partition coefficient (Wildman–Crippen LogP) is 2.37. The summed E-state index contributed by atoms with van der Waals surface area (Å²) in [5.41, 5.74) is 1.82. The molecule has 0 aliphatic carbocycles. The number of hydrogen-bond acceptors (Lipinski definition) is 3. The first kappa shape index (κ1) is 15.0. The largest absolute Gasteiger partial charge is 0.497 e. The topological polar surface area (TPSA) is 15.7 Å². The summed E-state index contributed by atoms with van der Waals surface area (Å²) in [6.45, 7) is 17.3. The zero-order valence-corrected chi connectivity index (χ0v) is 11.9. The Labute approximate surface area is 116 Å². The third kappa shape index (κ3) is 3.96. The van der Waals surface area contributed by atoms with Gasteiger partial charge in [-0.2, -0.15) is 0 Å². The van der Waals surface area contributed by atoms with Crippen LogP contribution in [0.5, 0.6) is 0 Å². The van der Waals surface area contributed by atoms with Crippen molar-refractivity contribution >= 4 is 0 Å². The quantitative estimate of drug-likeness (QED) is 0.428. The van der Waals surface area contributed by atoms with Crippen LogP contribution >= 0.6 is 0 Å². The van der Waals surface area contributed by atoms with E-state index in [9.17, 15) is 0 Å². The number of nitrogens with zero attached hydrogens (tertiary/aromatic N) is 2. The van der Waals surface area contributed by atoms with Crippen LogP contribution in [-0.2, 0) is 4.74 Å². The van der Waals surface area contributed by atoms with E-state index in [0.29, 0.717) is 5.76 Å². The van der Waals surface area contributed by atoms with Crippen LogP contribution in [0.15, 0.2) is 48.9 Å². The fraction of sp³-hybridized carbons (Fsp3) is 0.375. The second-order valence-electron chi connectivity index (χ2n) is 4.23. The van der Waals surface area contributed by atoms with Gasteiger partial charge in [0.25, 0.3) is 0 Å². The molecule has 0 aromatic rings. The van der Waals surface area contributed by atoms with Crippen LogP contribution in [0.25, 0.3) is 0 Å². The third-order valence-electron chi connectivity index (χ3n) is 3.07. The number of hydrogen-bond donors (Lipinski definition) is 0. The molecule has 102 valence electrons. The van der Waals surface area contributed by atoms with Crippen molar-refractivity contribution in [2.24, 2.45) is 0 Å². The van der Waals surface area contributed by atoms with Gasteiger partial charge in [0.15, 0.2) is 0 Å². The molecule has 1 aliphatic heterocycles. The van der Waals surface area contributed by atoms with Crippen molar-refractivity contribution in [1.29, 1.82) is 0 Å². The summed E-state index contributed by atoms with van der Waals surface area (Å²) in [4.78, 5) is 4.36.